The maximum atomic E-state index is 11.1. The third-order valence-electron chi connectivity index (χ3n) is 1.14. The molecular formula is C10H17O4. The Kier molecular flexibility index (Phi) is 5.20. The van der Waals surface area contributed by atoms with Crippen LogP contribution in [-0.2, 0) is 19.1 Å². The molecule has 0 spiro atoms. The second kappa shape index (κ2) is 5.62. The minimum atomic E-state index is -0.514. The Bertz CT molecular complexity index is 203. The molecule has 0 aliphatic rings. The van der Waals surface area contributed by atoms with E-state index in [9.17, 15) is 9.59 Å². The summed E-state index contributed by atoms with van der Waals surface area (Å²) in [6, 6.07) is 0. The van der Waals surface area contributed by atoms with E-state index < -0.39 is 17.5 Å². The Morgan fingerprint density at radius 3 is 2.29 bits per heavy atom. The van der Waals surface area contributed by atoms with Gasteiger partial charge in [0.05, 0.1) is 19.4 Å². The molecule has 0 rings (SSSR count). The second-order valence-electron chi connectivity index (χ2n) is 3.75. The Morgan fingerprint density at radius 2 is 1.86 bits per heavy atom. The van der Waals surface area contributed by atoms with Gasteiger partial charge in [0, 0.05) is 0 Å². The first kappa shape index (κ1) is 12.9. The third kappa shape index (κ3) is 7.58. The fraction of sp³-hybridized carbons (Fsp3) is 0.700. The maximum Gasteiger partial charge on any atom is 0.310 e. The molecule has 0 aromatic heterocycles. The summed E-state index contributed by atoms with van der Waals surface area (Å²) in [6.07, 6.45) is 1.13. The number of carbonyl (C=O) groups excluding carboxylic acids is 2. The van der Waals surface area contributed by atoms with Gasteiger partial charge in [0.2, 0.25) is 0 Å². The van der Waals surface area contributed by atoms with E-state index in [-0.39, 0.29) is 6.42 Å². The monoisotopic (exact) mass is 201 g/mol. The van der Waals surface area contributed by atoms with E-state index >= 15 is 0 Å². The second-order valence-corrected chi connectivity index (χ2v) is 3.75. The molecular weight excluding hydrogens is 184 g/mol. The van der Waals surface area contributed by atoms with Crippen LogP contribution in [0.15, 0.2) is 0 Å². The van der Waals surface area contributed by atoms with Gasteiger partial charge in [-0.05, 0) is 27.7 Å². The van der Waals surface area contributed by atoms with E-state index in [0.717, 1.165) is 0 Å². The maximum absolute atomic E-state index is 11.1. The van der Waals surface area contributed by atoms with E-state index in [2.05, 4.69) is 4.74 Å². The van der Waals surface area contributed by atoms with E-state index in [1.54, 1.807) is 27.7 Å². The normalized spacial score (nSPS) is 10.9. The van der Waals surface area contributed by atoms with Crippen LogP contribution in [-0.4, -0.2) is 24.1 Å². The third-order valence-corrected chi connectivity index (χ3v) is 1.14. The molecule has 0 aliphatic heterocycles. The van der Waals surface area contributed by atoms with Gasteiger partial charge >= 0.3 is 11.9 Å². The Labute approximate surface area is 84.6 Å². The fourth-order valence-electron chi connectivity index (χ4n) is 0.751. The zero-order valence-corrected chi connectivity index (χ0v) is 9.12. The molecule has 4 heteroatoms. The van der Waals surface area contributed by atoms with Gasteiger partial charge in [0.15, 0.2) is 0 Å². The summed E-state index contributed by atoms with van der Waals surface area (Å²) in [5.74, 6) is -0.913. The lowest BCUT2D eigenvalue weighted by Gasteiger charge is -2.19. The molecule has 0 unspecified atom stereocenters. The Hall–Kier alpha value is -1.06. The van der Waals surface area contributed by atoms with E-state index in [0.29, 0.717) is 6.61 Å². The minimum Gasteiger partial charge on any atom is -0.466 e. The zero-order chi connectivity index (χ0) is 11.2. The lowest BCUT2D eigenvalue weighted by molar-refractivity contribution is -0.155. The lowest BCUT2D eigenvalue weighted by atomic mass is 10.2. The fourth-order valence-corrected chi connectivity index (χ4v) is 0.751. The number of hydrogen-bond acceptors (Lipinski definition) is 4. The van der Waals surface area contributed by atoms with Crippen molar-refractivity contribution in [3.63, 3.8) is 0 Å². The molecule has 0 aromatic rings. The largest absolute Gasteiger partial charge is 0.466 e. The van der Waals surface area contributed by atoms with Crippen LogP contribution in [0, 0.1) is 6.42 Å². The van der Waals surface area contributed by atoms with Crippen LogP contribution in [0.1, 0.15) is 34.1 Å². The van der Waals surface area contributed by atoms with Crippen LogP contribution >= 0.6 is 0 Å². The van der Waals surface area contributed by atoms with Crippen molar-refractivity contribution in [2.75, 3.05) is 6.61 Å². The first-order valence-corrected chi connectivity index (χ1v) is 4.57. The smallest absolute Gasteiger partial charge is 0.310 e. The van der Waals surface area contributed by atoms with Gasteiger partial charge in [0.1, 0.15) is 5.60 Å². The summed E-state index contributed by atoms with van der Waals surface area (Å²) in [7, 11) is 0. The van der Waals surface area contributed by atoms with Gasteiger partial charge in [-0.1, -0.05) is 0 Å². The molecule has 0 N–H and O–H groups in total. The van der Waals surface area contributed by atoms with Gasteiger partial charge in [-0.3, -0.25) is 9.59 Å². The standard InChI is InChI=1S/C10H17O4/c1-5-13-8(11)6-7-9(12)14-10(2,3)4/h6H,5,7H2,1-4H3. The van der Waals surface area contributed by atoms with Crippen molar-refractivity contribution < 1.29 is 19.1 Å². The molecule has 0 saturated carbocycles. The van der Waals surface area contributed by atoms with E-state index in [1.165, 1.54) is 6.42 Å². The van der Waals surface area contributed by atoms with Gasteiger partial charge in [-0.2, -0.15) is 0 Å². The van der Waals surface area contributed by atoms with Crippen LogP contribution in [0.3, 0.4) is 0 Å². The lowest BCUT2D eigenvalue weighted by Crippen LogP contribution is -2.24. The number of rotatable bonds is 4. The minimum absolute atomic E-state index is 0.0455. The highest BCUT2D eigenvalue weighted by atomic mass is 16.6. The molecule has 0 amide bonds. The predicted molar refractivity (Wildman–Crippen MR) is 51.4 cm³/mol. The number of hydrogen-bond donors (Lipinski definition) is 0. The average molecular weight is 201 g/mol. The molecule has 1 radical (unpaired) electrons. The van der Waals surface area contributed by atoms with Crippen molar-refractivity contribution in [3.8, 4) is 0 Å². The Balaban J connectivity index is 3.70. The molecule has 0 aliphatic carbocycles. The van der Waals surface area contributed by atoms with Crippen LogP contribution in [0.25, 0.3) is 0 Å². The van der Waals surface area contributed by atoms with Crippen molar-refractivity contribution >= 4 is 11.9 Å². The first-order chi connectivity index (χ1) is 6.35. The topological polar surface area (TPSA) is 52.6 Å². The SMILES string of the molecule is CCOC(=O)[CH]CC(=O)OC(C)(C)C. The highest BCUT2D eigenvalue weighted by Crippen LogP contribution is 2.08. The summed E-state index contributed by atoms with van der Waals surface area (Å²) < 4.78 is 9.61. The number of esters is 2. The summed E-state index contributed by atoms with van der Waals surface area (Å²) in [5.41, 5.74) is -0.514. The summed E-state index contributed by atoms with van der Waals surface area (Å²) in [4.78, 5) is 21.9. The molecule has 0 atom stereocenters. The number of ether oxygens (including phenoxy) is 2. The van der Waals surface area contributed by atoms with Crippen molar-refractivity contribution in [1.29, 1.82) is 0 Å². The first-order valence-electron chi connectivity index (χ1n) is 4.57. The van der Waals surface area contributed by atoms with Gasteiger partial charge < -0.3 is 9.47 Å². The average Bonchev–Trinajstić information content (AvgIpc) is 1.98. The van der Waals surface area contributed by atoms with E-state index in [1.807, 2.05) is 0 Å². The van der Waals surface area contributed by atoms with Gasteiger partial charge in [-0.15, -0.1) is 0 Å². The summed E-state index contributed by atoms with van der Waals surface area (Å²) >= 11 is 0. The van der Waals surface area contributed by atoms with E-state index in [4.69, 9.17) is 4.74 Å². The van der Waals surface area contributed by atoms with Crippen molar-refractivity contribution in [1.82, 2.24) is 0 Å². The molecule has 0 saturated heterocycles. The molecule has 0 bridgehead atoms. The van der Waals surface area contributed by atoms with Gasteiger partial charge in [-0.25, -0.2) is 0 Å². The molecule has 81 valence electrons. The predicted octanol–water partition coefficient (Wildman–Crippen LogP) is 1.49. The van der Waals surface area contributed by atoms with Gasteiger partial charge in [0.25, 0.3) is 0 Å². The number of carbonyl (C=O) groups is 2. The zero-order valence-electron chi connectivity index (χ0n) is 9.12. The molecule has 14 heavy (non-hydrogen) atoms. The van der Waals surface area contributed by atoms with Crippen LogP contribution in [0.4, 0.5) is 0 Å². The van der Waals surface area contributed by atoms with Crippen molar-refractivity contribution in [3.05, 3.63) is 6.42 Å². The summed E-state index contributed by atoms with van der Waals surface area (Å²) in [6.45, 7) is 7.34. The van der Waals surface area contributed by atoms with Crippen LogP contribution in [0.2, 0.25) is 0 Å². The van der Waals surface area contributed by atoms with Crippen LogP contribution < -0.4 is 0 Å². The highest BCUT2D eigenvalue weighted by molar-refractivity contribution is 5.85. The van der Waals surface area contributed by atoms with Crippen LogP contribution in [0.5, 0.6) is 0 Å². The Morgan fingerprint density at radius 1 is 1.29 bits per heavy atom. The van der Waals surface area contributed by atoms with Crippen molar-refractivity contribution in [2.24, 2.45) is 0 Å². The molecule has 4 nitrogen and oxygen atoms in total. The quantitative estimate of drug-likeness (QED) is 0.646. The molecule has 0 heterocycles. The van der Waals surface area contributed by atoms with Crippen molar-refractivity contribution in [2.45, 2.75) is 39.7 Å². The molecule has 0 fully saturated rings. The molecule has 0 aromatic carbocycles. The highest BCUT2D eigenvalue weighted by Gasteiger charge is 2.17. The summed E-state index contributed by atoms with van der Waals surface area (Å²) in [5, 5.41) is 0.